The van der Waals surface area contributed by atoms with Crippen LogP contribution in [-0.2, 0) is 25.7 Å². The Morgan fingerprint density at radius 1 is 0.951 bits per heavy atom. The molecule has 2 heterocycles. The van der Waals surface area contributed by atoms with Crippen molar-refractivity contribution in [2.24, 2.45) is 0 Å². The minimum Gasteiger partial charge on any atom is -0.462 e. The minimum absolute atomic E-state index is 0.115. The molecule has 0 aliphatic carbocycles. The number of carbonyl (C=O) groups excluding carboxylic acids is 4. The van der Waals surface area contributed by atoms with Gasteiger partial charge in [-0.1, -0.05) is 30.3 Å². The first kappa shape index (κ1) is 28.0. The van der Waals surface area contributed by atoms with Gasteiger partial charge in [0.05, 0.1) is 24.3 Å². The van der Waals surface area contributed by atoms with Crippen LogP contribution >= 0.6 is 12.2 Å². The lowest BCUT2D eigenvalue weighted by atomic mass is 10.1. The van der Waals surface area contributed by atoms with E-state index >= 15 is 0 Å². The standard InChI is InChI=1S/C31H30N4O5S/c1-2-40-30(39)22-12-14-23(15-13-22)32-27(36)19-26-29(38)35(25-7-4-3-5-8-25)31(41)34(26)20-21-10-16-24(17-11-21)33-18-6-9-28(33)37/h3-5,7-8,10-17,26H,2,6,9,18-20H2,1H3,(H,32,36). The maximum Gasteiger partial charge on any atom is 0.338 e. The molecule has 1 unspecified atom stereocenters. The summed E-state index contributed by atoms with van der Waals surface area (Å²) in [6, 6.07) is 22.3. The van der Waals surface area contributed by atoms with Crippen LogP contribution in [0.3, 0.4) is 0 Å². The molecule has 2 aliphatic heterocycles. The van der Waals surface area contributed by atoms with Gasteiger partial charge >= 0.3 is 5.97 Å². The molecule has 10 heteroatoms. The predicted molar refractivity (Wildman–Crippen MR) is 160 cm³/mol. The maximum atomic E-state index is 13.7. The Morgan fingerprint density at radius 2 is 1.66 bits per heavy atom. The van der Waals surface area contributed by atoms with Gasteiger partial charge in [0, 0.05) is 30.9 Å². The van der Waals surface area contributed by atoms with Gasteiger partial charge in [-0.25, -0.2) is 4.79 Å². The van der Waals surface area contributed by atoms with Gasteiger partial charge in [0.1, 0.15) is 6.04 Å². The van der Waals surface area contributed by atoms with E-state index in [1.807, 2.05) is 42.5 Å². The summed E-state index contributed by atoms with van der Waals surface area (Å²) in [6.07, 6.45) is 1.28. The number of anilines is 3. The number of para-hydroxylation sites is 1. The van der Waals surface area contributed by atoms with Gasteiger partial charge in [-0.2, -0.15) is 0 Å². The van der Waals surface area contributed by atoms with Gasteiger partial charge in [-0.15, -0.1) is 0 Å². The molecule has 0 spiro atoms. The molecule has 3 aromatic carbocycles. The van der Waals surface area contributed by atoms with Crippen LogP contribution in [0.4, 0.5) is 17.1 Å². The van der Waals surface area contributed by atoms with E-state index in [1.165, 1.54) is 4.90 Å². The largest absolute Gasteiger partial charge is 0.462 e. The Balaban J connectivity index is 1.33. The summed E-state index contributed by atoms with van der Waals surface area (Å²) in [4.78, 5) is 55.9. The van der Waals surface area contributed by atoms with Crippen LogP contribution in [0, 0.1) is 0 Å². The first-order valence-electron chi connectivity index (χ1n) is 13.5. The molecule has 0 saturated carbocycles. The molecule has 0 radical (unpaired) electrons. The summed E-state index contributed by atoms with van der Waals surface area (Å²) in [5.74, 6) is -0.970. The fourth-order valence-corrected chi connectivity index (χ4v) is 5.41. The molecule has 1 atom stereocenters. The molecule has 9 nitrogen and oxygen atoms in total. The van der Waals surface area contributed by atoms with Crippen LogP contribution in [0.15, 0.2) is 78.9 Å². The van der Waals surface area contributed by atoms with Crippen molar-refractivity contribution in [2.45, 2.75) is 38.8 Å². The molecule has 210 valence electrons. The smallest absolute Gasteiger partial charge is 0.338 e. The molecule has 41 heavy (non-hydrogen) atoms. The second-order valence-corrected chi connectivity index (χ2v) is 10.2. The van der Waals surface area contributed by atoms with Crippen molar-refractivity contribution in [1.82, 2.24) is 4.90 Å². The first-order valence-corrected chi connectivity index (χ1v) is 13.9. The summed E-state index contributed by atoms with van der Waals surface area (Å²) in [5.41, 5.74) is 3.24. The average Bonchev–Trinajstić information content (AvgIpc) is 3.50. The summed E-state index contributed by atoms with van der Waals surface area (Å²) < 4.78 is 5.00. The second-order valence-electron chi connectivity index (χ2n) is 9.80. The zero-order chi connectivity index (χ0) is 28.9. The maximum absolute atomic E-state index is 13.7. The third-order valence-electron chi connectivity index (χ3n) is 7.07. The molecule has 2 aliphatic rings. The number of amides is 3. The molecule has 3 aromatic rings. The number of carbonyl (C=O) groups is 4. The molecule has 5 rings (SSSR count). The number of nitrogens with zero attached hydrogens (tertiary/aromatic N) is 3. The van der Waals surface area contributed by atoms with E-state index in [1.54, 1.807) is 53.1 Å². The van der Waals surface area contributed by atoms with E-state index in [-0.39, 0.29) is 30.7 Å². The SMILES string of the molecule is CCOC(=O)c1ccc(NC(=O)CC2C(=O)N(c3ccccc3)C(=S)N2Cc2ccc(N3CCCC3=O)cc2)cc1. The van der Waals surface area contributed by atoms with Gasteiger partial charge in [-0.3, -0.25) is 19.3 Å². The molecular formula is C31H30N4O5S. The van der Waals surface area contributed by atoms with E-state index in [0.717, 1.165) is 17.7 Å². The van der Waals surface area contributed by atoms with Crippen molar-refractivity contribution in [1.29, 1.82) is 0 Å². The van der Waals surface area contributed by atoms with Gasteiger partial charge < -0.3 is 19.9 Å². The number of rotatable bonds is 9. The molecule has 2 fully saturated rings. The van der Waals surface area contributed by atoms with E-state index in [0.29, 0.717) is 41.6 Å². The molecule has 1 N–H and O–H groups in total. The van der Waals surface area contributed by atoms with Crippen LogP contribution in [0.2, 0.25) is 0 Å². The summed E-state index contributed by atoms with van der Waals surface area (Å²) >= 11 is 5.77. The van der Waals surface area contributed by atoms with Crippen molar-refractivity contribution < 1.29 is 23.9 Å². The molecular weight excluding hydrogens is 540 g/mol. The molecule has 2 saturated heterocycles. The van der Waals surface area contributed by atoms with Crippen molar-refractivity contribution in [3.05, 3.63) is 90.0 Å². The molecule has 0 bridgehead atoms. The quantitative estimate of drug-likeness (QED) is 0.298. The number of hydrogen-bond donors (Lipinski definition) is 1. The summed E-state index contributed by atoms with van der Waals surface area (Å²) in [7, 11) is 0. The molecule has 3 amide bonds. The second kappa shape index (κ2) is 12.3. The summed E-state index contributed by atoms with van der Waals surface area (Å²) in [5, 5.41) is 3.13. The van der Waals surface area contributed by atoms with E-state index in [4.69, 9.17) is 17.0 Å². The monoisotopic (exact) mass is 570 g/mol. The Hall–Kier alpha value is -4.57. The third-order valence-corrected chi connectivity index (χ3v) is 7.48. The zero-order valence-electron chi connectivity index (χ0n) is 22.6. The highest BCUT2D eigenvalue weighted by Crippen LogP contribution is 2.30. The van der Waals surface area contributed by atoms with Crippen molar-refractivity contribution in [3.63, 3.8) is 0 Å². The van der Waals surface area contributed by atoms with Gasteiger partial charge in [0.25, 0.3) is 5.91 Å². The fourth-order valence-electron chi connectivity index (χ4n) is 5.02. The van der Waals surface area contributed by atoms with E-state index in [9.17, 15) is 19.2 Å². The van der Waals surface area contributed by atoms with Gasteiger partial charge in [0.2, 0.25) is 11.8 Å². The van der Waals surface area contributed by atoms with Crippen LogP contribution < -0.4 is 15.1 Å². The lowest BCUT2D eigenvalue weighted by Gasteiger charge is -2.24. The highest BCUT2D eigenvalue weighted by atomic mass is 32.1. The number of hydrogen-bond acceptors (Lipinski definition) is 6. The van der Waals surface area contributed by atoms with Crippen LogP contribution in [0.5, 0.6) is 0 Å². The Morgan fingerprint density at radius 3 is 2.29 bits per heavy atom. The Bertz CT molecular complexity index is 1460. The van der Waals surface area contributed by atoms with Crippen molar-refractivity contribution in [2.75, 3.05) is 28.3 Å². The highest BCUT2D eigenvalue weighted by Gasteiger charge is 2.44. The predicted octanol–water partition coefficient (Wildman–Crippen LogP) is 4.52. The highest BCUT2D eigenvalue weighted by molar-refractivity contribution is 7.80. The van der Waals surface area contributed by atoms with Gasteiger partial charge in [0.15, 0.2) is 5.11 Å². The number of ether oxygens (including phenoxy) is 1. The Labute approximate surface area is 243 Å². The number of esters is 1. The lowest BCUT2D eigenvalue weighted by molar-refractivity contribution is -0.124. The fraction of sp³-hybridized carbons (Fsp3) is 0.258. The Kier molecular flexibility index (Phi) is 8.39. The van der Waals surface area contributed by atoms with Crippen LogP contribution in [0.25, 0.3) is 0 Å². The van der Waals surface area contributed by atoms with Crippen molar-refractivity contribution in [3.8, 4) is 0 Å². The number of benzene rings is 3. The zero-order valence-corrected chi connectivity index (χ0v) is 23.4. The summed E-state index contributed by atoms with van der Waals surface area (Å²) in [6.45, 7) is 3.02. The van der Waals surface area contributed by atoms with Crippen LogP contribution in [-0.4, -0.2) is 52.9 Å². The topological polar surface area (TPSA) is 99.3 Å². The third kappa shape index (κ3) is 6.12. The number of thiocarbonyl (C=S) groups is 1. The molecule has 0 aromatic heterocycles. The minimum atomic E-state index is -0.818. The normalized spacial score (nSPS) is 16.9. The van der Waals surface area contributed by atoms with E-state index in [2.05, 4.69) is 5.32 Å². The first-order chi connectivity index (χ1) is 19.9. The van der Waals surface area contributed by atoms with Crippen LogP contribution in [0.1, 0.15) is 42.1 Å². The van der Waals surface area contributed by atoms with Gasteiger partial charge in [-0.05, 0) is 79.7 Å². The van der Waals surface area contributed by atoms with Crippen molar-refractivity contribution >= 4 is 58.1 Å². The number of nitrogens with one attached hydrogen (secondary N) is 1. The van der Waals surface area contributed by atoms with E-state index < -0.39 is 12.0 Å². The average molecular weight is 571 g/mol. The lowest BCUT2D eigenvalue weighted by Crippen LogP contribution is -2.37.